The van der Waals surface area contributed by atoms with Crippen molar-refractivity contribution in [2.45, 2.75) is 58.5 Å². The van der Waals surface area contributed by atoms with Crippen molar-refractivity contribution in [2.24, 2.45) is 5.73 Å². The molecule has 1 aromatic rings. The average Bonchev–Trinajstić information content (AvgIpc) is 2.77. The molecule has 1 rings (SSSR count). The van der Waals surface area contributed by atoms with Gasteiger partial charge in [-0.05, 0) is 33.1 Å². The molecule has 0 aliphatic heterocycles. The Morgan fingerprint density at radius 1 is 1.53 bits per heavy atom. The van der Waals surface area contributed by atoms with Crippen molar-refractivity contribution < 1.29 is 9.53 Å². The first kappa shape index (κ1) is 15.7. The number of aromatic nitrogens is 2. The predicted octanol–water partition coefficient (Wildman–Crippen LogP) is 1.90. The lowest BCUT2D eigenvalue weighted by atomic mass is 9.97. The average molecular weight is 267 g/mol. The van der Waals surface area contributed by atoms with Crippen molar-refractivity contribution in [3.05, 3.63) is 18.2 Å². The van der Waals surface area contributed by atoms with Gasteiger partial charge in [-0.3, -0.25) is 4.79 Å². The number of hydrogen-bond acceptors (Lipinski definition) is 4. The van der Waals surface area contributed by atoms with Gasteiger partial charge in [0.1, 0.15) is 11.4 Å². The standard InChI is InChI=1S/C14H25N3O2/c1-4-7-12-16-9-11-17(12)10-6-8-14(3,15)13(18)19-5-2/h9,11H,4-8,10,15H2,1-3H3. The van der Waals surface area contributed by atoms with E-state index in [1.165, 1.54) is 0 Å². The van der Waals surface area contributed by atoms with E-state index in [2.05, 4.69) is 16.5 Å². The van der Waals surface area contributed by atoms with Crippen LogP contribution in [-0.2, 0) is 22.5 Å². The van der Waals surface area contributed by atoms with Crippen molar-refractivity contribution in [3.8, 4) is 0 Å². The smallest absolute Gasteiger partial charge is 0.325 e. The Labute approximate surface area is 115 Å². The molecule has 0 fully saturated rings. The summed E-state index contributed by atoms with van der Waals surface area (Å²) in [6.07, 6.45) is 7.29. The summed E-state index contributed by atoms with van der Waals surface area (Å²) in [5.41, 5.74) is 5.08. The first-order valence-corrected chi connectivity index (χ1v) is 6.97. The molecule has 0 radical (unpaired) electrons. The zero-order valence-corrected chi connectivity index (χ0v) is 12.2. The summed E-state index contributed by atoms with van der Waals surface area (Å²) in [5.74, 6) is 0.770. The van der Waals surface area contributed by atoms with Crippen LogP contribution >= 0.6 is 0 Å². The molecule has 0 saturated heterocycles. The van der Waals surface area contributed by atoms with Crippen LogP contribution in [-0.4, -0.2) is 27.7 Å². The molecule has 5 heteroatoms. The highest BCUT2D eigenvalue weighted by molar-refractivity contribution is 5.79. The maximum atomic E-state index is 11.7. The molecule has 0 saturated carbocycles. The van der Waals surface area contributed by atoms with E-state index in [0.29, 0.717) is 13.0 Å². The molecular formula is C14H25N3O2. The zero-order valence-electron chi connectivity index (χ0n) is 12.2. The molecule has 1 atom stereocenters. The SMILES string of the molecule is CCCc1nccn1CCCC(C)(N)C(=O)OCC. The molecule has 0 spiro atoms. The van der Waals surface area contributed by atoms with E-state index >= 15 is 0 Å². The Kier molecular flexibility index (Phi) is 6.02. The lowest BCUT2D eigenvalue weighted by Crippen LogP contribution is -2.46. The zero-order chi connectivity index (χ0) is 14.3. The Morgan fingerprint density at radius 2 is 2.26 bits per heavy atom. The van der Waals surface area contributed by atoms with E-state index in [1.54, 1.807) is 13.8 Å². The van der Waals surface area contributed by atoms with Crippen LogP contribution in [0.5, 0.6) is 0 Å². The predicted molar refractivity (Wildman–Crippen MR) is 74.7 cm³/mol. The minimum absolute atomic E-state index is 0.325. The number of ether oxygens (including phenoxy) is 1. The first-order valence-electron chi connectivity index (χ1n) is 6.97. The molecule has 0 bridgehead atoms. The van der Waals surface area contributed by atoms with E-state index in [-0.39, 0.29) is 5.97 Å². The Morgan fingerprint density at radius 3 is 2.89 bits per heavy atom. The minimum atomic E-state index is -0.901. The number of aryl methyl sites for hydroxylation is 2. The molecule has 2 N–H and O–H groups in total. The molecule has 0 aliphatic carbocycles. The maximum absolute atomic E-state index is 11.7. The molecule has 19 heavy (non-hydrogen) atoms. The Balaban J connectivity index is 2.44. The van der Waals surface area contributed by atoms with Gasteiger partial charge >= 0.3 is 5.97 Å². The fraction of sp³-hybridized carbons (Fsp3) is 0.714. The van der Waals surface area contributed by atoms with E-state index in [1.807, 2.05) is 12.4 Å². The Hall–Kier alpha value is -1.36. The highest BCUT2D eigenvalue weighted by Crippen LogP contribution is 2.13. The number of rotatable bonds is 8. The molecule has 0 aromatic carbocycles. The maximum Gasteiger partial charge on any atom is 0.325 e. The molecule has 0 amide bonds. The summed E-state index contributed by atoms with van der Waals surface area (Å²) in [6, 6.07) is 0. The first-order chi connectivity index (χ1) is 9.01. The van der Waals surface area contributed by atoms with Gasteiger partial charge in [0.2, 0.25) is 0 Å². The summed E-state index contributed by atoms with van der Waals surface area (Å²) in [4.78, 5) is 16.0. The van der Waals surface area contributed by atoms with Crippen LogP contribution < -0.4 is 5.73 Å². The highest BCUT2D eigenvalue weighted by atomic mass is 16.5. The molecule has 108 valence electrons. The number of carbonyl (C=O) groups excluding carboxylic acids is 1. The largest absolute Gasteiger partial charge is 0.465 e. The molecule has 1 unspecified atom stereocenters. The van der Waals surface area contributed by atoms with Crippen LogP contribution in [0.1, 0.15) is 45.9 Å². The summed E-state index contributed by atoms with van der Waals surface area (Å²) in [5, 5.41) is 0. The highest BCUT2D eigenvalue weighted by Gasteiger charge is 2.29. The number of nitrogens with two attached hydrogens (primary N) is 1. The second-order valence-electron chi connectivity index (χ2n) is 5.03. The third kappa shape index (κ3) is 4.67. The summed E-state index contributed by atoms with van der Waals surface area (Å²) in [7, 11) is 0. The van der Waals surface area contributed by atoms with Crippen LogP contribution in [0.4, 0.5) is 0 Å². The van der Waals surface area contributed by atoms with Crippen LogP contribution in [0, 0.1) is 0 Å². The topological polar surface area (TPSA) is 70.1 Å². The van der Waals surface area contributed by atoms with E-state index in [0.717, 1.165) is 31.6 Å². The van der Waals surface area contributed by atoms with Crippen molar-refractivity contribution in [3.63, 3.8) is 0 Å². The van der Waals surface area contributed by atoms with Gasteiger partial charge in [-0.25, -0.2) is 4.98 Å². The van der Waals surface area contributed by atoms with Gasteiger partial charge < -0.3 is 15.0 Å². The molecule has 0 aliphatic rings. The second kappa shape index (κ2) is 7.28. The van der Waals surface area contributed by atoms with E-state index in [9.17, 15) is 4.79 Å². The van der Waals surface area contributed by atoms with Gasteiger partial charge in [0.15, 0.2) is 0 Å². The molecule has 1 aromatic heterocycles. The number of carbonyl (C=O) groups is 1. The van der Waals surface area contributed by atoms with Gasteiger partial charge in [-0.2, -0.15) is 0 Å². The summed E-state index contributed by atoms with van der Waals surface area (Å²) >= 11 is 0. The number of hydrogen-bond donors (Lipinski definition) is 1. The van der Waals surface area contributed by atoms with Gasteiger partial charge in [0.25, 0.3) is 0 Å². The normalized spacial score (nSPS) is 14.1. The van der Waals surface area contributed by atoms with Crippen LogP contribution in [0.25, 0.3) is 0 Å². The van der Waals surface area contributed by atoms with Crippen LogP contribution in [0.2, 0.25) is 0 Å². The number of imidazole rings is 1. The van der Waals surface area contributed by atoms with Gasteiger partial charge in [-0.15, -0.1) is 0 Å². The lowest BCUT2D eigenvalue weighted by Gasteiger charge is -2.22. The van der Waals surface area contributed by atoms with Crippen LogP contribution in [0.3, 0.4) is 0 Å². The fourth-order valence-electron chi connectivity index (χ4n) is 2.01. The monoisotopic (exact) mass is 267 g/mol. The molecule has 5 nitrogen and oxygen atoms in total. The van der Waals surface area contributed by atoms with Crippen molar-refractivity contribution in [2.75, 3.05) is 6.61 Å². The number of nitrogens with zero attached hydrogens (tertiary/aromatic N) is 2. The fourth-order valence-corrected chi connectivity index (χ4v) is 2.01. The Bertz CT molecular complexity index is 399. The summed E-state index contributed by atoms with van der Waals surface area (Å²) in [6.45, 7) is 6.86. The van der Waals surface area contributed by atoms with Gasteiger partial charge in [-0.1, -0.05) is 6.92 Å². The third-order valence-corrected chi connectivity index (χ3v) is 3.11. The van der Waals surface area contributed by atoms with Crippen molar-refractivity contribution in [1.82, 2.24) is 9.55 Å². The van der Waals surface area contributed by atoms with E-state index < -0.39 is 5.54 Å². The van der Waals surface area contributed by atoms with Crippen LogP contribution in [0.15, 0.2) is 12.4 Å². The minimum Gasteiger partial charge on any atom is -0.465 e. The molecular weight excluding hydrogens is 242 g/mol. The van der Waals surface area contributed by atoms with Gasteiger partial charge in [0, 0.05) is 25.4 Å². The quantitative estimate of drug-likeness (QED) is 0.730. The third-order valence-electron chi connectivity index (χ3n) is 3.11. The van der Waals surface area contributed by atoms with E-state index in [4.69, 9.17) is 10.5 Å². The van der Waals surface area contributed by atoms with Crippen molar-refractivity contribution in [1.29, 1.82) is 0 Å². The second-order valence-corrected chi connectivity index (χ2v) is 5.03. The van der Waals surface area contributed by atoms with Gasteiger partial charge in [0.05, 0.1) is 6.61 Å². The van der Waals surface area contributed by atoms with Crippen molar-refractivity contribution >= 4 is 5.97 Å². The lowest BCUT2D eigenvalue weighted by molar-refractivity contribution is -0.149. The summed E-state index contributed by atoms with van der Waals surface area (Å²) < 4.78 is 7.10. The molecule has 1 heterocycles. The number of esters is 1.